The van der Waals surface area contributed by atoms with Crippen LogP contribution in [0.2, 0.25) is 0 Å². The van der Waals surface area contributed by atoms with Crippen molar-refractivity contribution in [1.82, 2.24) is 16.2 Å². The highest BCUT2D eigenvalue weighted by Gasteiger charge is 2.15. The molecule has 0 aliphatic heterocycles. The molecule has 0 unspecified atom stereocenters. The SMILES string of the molecule is O=C(CCC(=O)NNC(=O)c1cc(Br)ccc1OCCc1ccccc1)NCc1ccccc1. The van der Waals surface area contributed by atoms with E-state index in [1.54, 1.807) is 18.2 Å². The van der Waals surface area contributed by atoms with Gasteiger partial charge in [0.2, 0.25) is 11.8 Å². The number of hydrogen-bond acceptors (Lipinski definition) is 4. The summed E-state index contributed by atoms with van der Waals surface area (Å²) < 4.78 is 6.52. The zero-order chi connectivity index (χ0) is 24.2. The molecule has 0 saturated carbocycles. The van der Waals surface area contributed by atoms with Crippen LogP contribution in [0.15, 0.2) is 83.3 Å². The van der Waals surface area contributed by atoms with E-state index in [1.807, 2.05) is 60.7 Å². The summed E-state index contributed by atoms with van der Waals surface area (Å²) >= 11 is 3.35. The Bertz CT molecular complexity index is 1110. The summed E-state index contributed by atoms with van der Waals surface area (Å²) in [6.45, 7) is 0.796. The number of amides is 3. The van der Waals surface area contributed by atoms with Gasteiger partial charge in [-0.15, -0.1) is 0 Å². The molecule has 3 rings (SSSR count). The molecule has 3 amide bonds. The predicted octanol–water partition coefficient (Wildman–Crippen LogP) is 3.93. The van der Waals surface area contributed by atoms with E-state index in [4.69, 9.17) is 4.74 Å². The van der Waals surface area contributed by atoms with Crippen molar-refractivity contribution in [2.45, 2.75) is 25.8 Å². The number of hydrazine groups is 1. The molecule has 0 bridgehead atoms. The minimum absolute atomic E-state index is 0.0132. The number of ether oxygens (including phenoxy) is 1. The molecule has 0 aromatic heterocycles. The Kier molecular flexibility index (Phi) is 9.66. The maximum Gasteiger partial charge on any atom is 0.273 e. The van der Waals surface area contributed by atoms with Crippen LogP contribution in [0.3, 0.4) is 0 Å². The molecule has 34 heavy (non-hydrogen) atoms. The van der Waals surface area contributed by atoms with E-state index in [9.17, 15) is 14.4 Å². The Morgan fingerprint density at radius 2 is 1.41 bits per heavy atom. The zero-order valence-electron chi connectivity index (χ0n) is 18.6. The third-order valence-corrected chi connectivity index (χ3v) is 5.40. The first-order valence-corrected chi connectivity index (χ1v) is 11.7. The van der Waals surface area contributed by atoms with E-state index in [0.717, 1.165) is 11.1 Å². The highest BCUT2D eigenvalue weighted by atomic mass is 79.9. The summed E-state index contributed by atoms with van der Waals surface area (Å²) in [5.41, 5.74) is 7.12. The summed E-state index contributed by atoms with van der Waals surface area (Å²) in [6, 6.07) is 24.5. The second-order valence-electron chi connectivity index (χ2n) is 7.49. The third kappa shape index (κ3) is 8.37. The van der Waals surface area contributed by atoms with Gasteiger partial charge >= 0.3 is 0 Å². The largest absolute Gasteiger partial charge is 0.492 e. The maximum atomic E-state index is 12.6. The number of halogens is 1. The van der Waals surface area contributed by atoms with Crippen molar-refractivity contribution in [2.24, 2.45) is 0 Å². The quantitative estimate of drug-likeness (QED) is 0.351. The second kappa shape index (κ2) is 13.2. The molecule has 0 aliphatic carbocycles. The van der Waals surface area contributed by atoms with Crippen LogP contribution in [-0.2, 0) is 22.6 Å². The van der Waals surface area contributed by atoms with Crippen LogP contribution in [-0.4, -0.2) is 24.3 Å². The Labute approximate surface area is 207 Å². The van der Waals surface area contributed by atoms with Crippen molar-refractivity contribution in [3.63, 3.8) is 0 Å². The molecule has 3 N–H and O–H groups in total. The highest BCUT2D eigenvalue weighted by Crippen LogP contribution is 2.23. The number of hydrogen-bond donors (Lipinski definition) is 3. The number of carbonyl (C=O) groups is 3. The lowest BCUT2D eigenvalue weighted by Crippen LogP contribution is -2.42. The summed E-state index contributed by atoms with van der Waals surface area (Å²) in [5.74, 6) is -0.819. The van der Waals surface area contributed by atoms with E-state index >= 15 is 0 Å². The van der Waals surface area contributed by atoms with E-state index in [-0.39, 0.29) is 24.3 Å². The Hall–Kier alpha value is -3.65. The number of carbonyl (C=O) groups excluding carboxylic acids is 3. The fourth-order valence-corrected chi connectivity index (χ4v) is 3.46. The second-order valence-corrected chi connectivity index (χ2v) is 8.40. The fraction of sp³-hybridized carbons (Fsp3) is 0.192. The van der Waals surface area contributed by atoms with Gasteiger partial charge in [-0.1, -0.05) is 76.6 Å². The van der Waals surface area contributed by atoms with Crippen LogP contribution in [0.5, 0.6) is 5.75 Å². The van der Waals surface area contributed by atoms with Crippen LogP contribution < -0.4 is 20.9 Å². The van der Waals surface area contributed by atoms with Gasteiger partial charge in [0.15, 0.2) is 0 Å². The van der Waals surface area contributed by atoms with Gasteiger partial charge in [0, 0.05) is 30.3 Å². The molecule has 176 valence electrons. The van der Waals surface area contributed by atoms with Crippen LogP contribution in [0.4, 0.5) is 0 Å². The van der Waals surface area contributed by atoms with Gasteiger partial charge in [0.25, 0.3) is 5.91 Å². The van der Waals surface area contributed by atoms with Gasteiger partial charge < -0.3 is 10.1 Å². The molecule has 3 aromatic carbocycles. The molecule has 0 fully saturated rings. The molecule has 0 atom stereocenters. The van der Waals surface area contributed by atoms with E-state index in [1.165, 1.54) is 0 Å². The molecular weight excluding hydrogens is 498 g/mol. The van der Waals surface area contributed by atoms with Crippen LogP contribution in [0.1, 0.15) is 34.3 Å². The summed E-state index contributed by atoms with van der Waals surface area (Å²) in [5, 5.41) is 2.76. The lowest BCUT2D eigenvalue weighted by Gasteiger charge is -2.13. The van der Waals surface area contributed by atoms with Crippen molar-refractivity contribution in [3.05, 3.63) is 100 Å². The van der Waals surface area contributed by atoms with Gasteiger partial charge in [-0.3, -0.25) is 25.2 Å². The molecule has 0 aliphatic rings. The van der Waals surface area contributed by atoms with Crippen molar-refractivity contribution < 1.29 is 19.1 Å². The highest BCUT2D eigenvalue weighted by molar-refractivity contribution is 9.10. The van der Waals surface area contributed by atoms with Gasteiger partial charge in [-0.25, -0.2) is 0 Å². The lowest BCUT2D eigenvalue weighted by molar-refractivity contribution is -0.126. The first-order chi connectivity index (χ1) is 16.5. The molecule has 8 heteroatoms. The topological polar surface area (TPSA) is 96.5 Å². The average Bonchev–Trinajstić information content (AvgIpc) is 2.87. The molecule has 0 heterocycles. The summed E-state index contributed by atoms with van der Waals surface area (Å²) in [4.78, 5) is 36.7. The van der Waals surface area contributed by atoms with Crippen LogP contribution >= 0.6 is 15.9 Å². The summed E-state index contributed by atoms with van der Waals surface area (Å²) in [7, 11) is 0. The van der Waals surface area contributed by atoms with Crippen LogP contribution in [0, 0.1) is 0 Å². The number of benzene rings is 3. The number of nitrogens with one attached hydrogen (secondary N) is 3. The average molecular weight is 524 g/mol. The van der Waals surface area contributed by atoms with Gasteiger partial charge in [0.1, 0.15) is 5.75 Å². The normalized spacial score (nSPS) is 10.3. The Morgan fingerprint density at radius 3 is 2.12 bits per heavy atom. The molecule has 0 saturated heterocycles. The fourth-order valence-electron chi connectivity index (χ4n) is 3.10. The third-order valence-electron chi connectivity index (χ3n) is 4.90. The standard InChI is InChI=1S/C26H26BrN3O4/c27-21-11-12-23(34-16-15-19-7-3-1-4-8-19)22(17-21)26(33)30-29-25(32)14-13-24(31)28-18-20-9-5-2-6-10-20/h1-12,17H,13-16,18H2,(H,28,31)(H,29,32)(H,30,33). The van der Waals surface area contributed by atoms with Crippen LogP contribution in [0.25, 0.3) is 0 Å². The van der Waals surface area contributed by atoms with Crippen molar-refractivity contribution in [2.75, 3.05) is 6.61 Å². The molecule has 3 aromatic rings. The van der Waals surface area contributed by atoms with Crippen molar-refractivity contribution >= 4 is 33.7 Å². The van der Waals surface area contributed by atoms with E-state index < -0.39 is 11.8 Å². The molecule has 7 nitrogen and oxygen atoms in total. The number of rotatable bonds is 10. The molecule has 0 radical (unpaired) electrons. The minimum Gasteiger partial charge on any atom is -0.492 e. The van der Waals surface area contributed by atoms with Gasteiger partial charge in [-0.2, -0.15) is 0 Å². The Morgan fingerprint density at radius 1 is 0.765 bits per heavy atom. The van der Waals surface area contributed by atoms with Gasteiger partial charge in [0.05, 0.1) is 12.2 Å². The van der Waals surface area contributed by atoms with Crippen molar-refractivity contribution in [1.29, 1.82) is 0 Å². The smallest absolute Gasteiger partial charge is 0.273 e. The summed E-state index contributed by atoms with van der Waals surface area (Å²) in [6.07, 6.45) is 0.653. The predicted molar refractivity (Wildman–Crippen MR) is 133 cm³/mol. The van der Waals surface area contributed by atoms with Gasteiger partial charge in [-0.05, 0) is 29.3 Å². The first kappa shape index (κ1) is 25.0. The van der Waals surface area contributed by atoms with E-state index in [0.29, 0.717) is 29.8 Å². The van der Waals surface area contributed by atoms with Crippen molar-refractivity contribution in [3.8, 4) is 5.75 Å². The maximum absolute atomic E-state index is 12.6. The zero-order valence-corrected chi connectivity index (χ0v) is 20.1. The van der Waals surface area contributed by atoms with E-state index in [2.05, 4.69) is 32.1 Å². The molecule has 0 spiro atoms. The minimum atomic E-state index is -0.516. The monoisotopic (exact) mass is 523 g/mol. The Balaban J connectivity index is 1.43. The molecular formula is C26H26BrN3O4. The first-order valence-electron chi connectivity index (χ1n) is 10.9. The lowest BCUT2D eigenvalue weighted by atomic mass is 10.1.